The molecule has 15 heavy (non-hydrogen) atoms. The number of rotatable bonds is 2. The van der Waals surface area contributed by atoms with Gasteiger partial charge in [-0.1, -0.05) is 28.1 Å². The molecule has 1 N–H and O–H groups in total. The van der Waals surface area contributed by atoms with Crippen LogP contribution in [0.15, 0.2) is 30.5 Å². The molecule has 4 heteroatoms. The molecule has 0 aliphatic rings. The van der Waals surface area contributed by atoms with Gasteiger partial charge in [0.05, 0.1) is 11.1 Å². The molecule has 0 aliphatic heterocycles. The van der Waals surface area contributed by atoms with Crippen LogP contribution in [0.1, 0.15) is 15.9 Å². The number of carboxylic acid groups (broad SMARTS) is 1. The lowest BCUT2D eigenvalue weighted by molar-refractivity contribution is 0.0699. The zero-order valence-electron chi connectivity index (χ0n) is 7.77. The van der Waals surface area contributed by atoms with E-state index >= 15 is 0 Å². The number of nitrogens with zero attached hydrogens (tertiary/aromatic N) is 1. The lowest BCUT2D eigenvalue weighted by Crippen LogP contribution is -1.99. The van der Waals surface area contributed by atoms with E-state index in [0.717, 1.165) is 11.1 Å². The quantitative estimate of drug-likeness (QED) is 0.850. The van der Waals surface area contributed by atoms with Gasteiger partial charge in [-0.05, 0) is 17.7 Å². The first-order valence-electron chi connectivity index (χ1n) is 4.40. The Bertz CT molecular complexity index is 525. The molecule has 2 aromatic rings. The molecule has 1 heterocycles. The van der Waals surface area contributed by atoms with Crippen molar-refractivity contribution in [2.24, 2.45) is 0 Å². The van der Waals surface area contributed by atoms with Gasteiger partial charge in [-0.25, -0.2) is 4.79 Å². The molecule has 3 nitrogen and oxygen atoms in total. The van der Waals surface area contributed by atoms with Crippen molar-refractivity contribution >= 4 is 32.8 Å². The molecule has 0 spiro atoms. The van der Waals surface area contributed by atoms with Gasteiger partial charge >= 0.3 is 5.97 Å². The number of carboxylic acids is 1. The number of fused-ring (bicyclic) bond motifs is 1. The van der Waals surface area contributed by atoms with Crippen molar-refractivity contribution < 1.29 is 9.90 Å². The third kappa shape index (κ3) is 1.72. The van der Waals surface area contributed by atoms with E-state index in [9.17, 15) is 4.79 Å². The third-order valence-electron chi connectivity index (χ3n) is 2.23. The number of alkyl halides is 1. The summed E-state index contributed by atoms with van der Waals surface area (Å²) in [6.45, 7) is 0. The molecule has 0 fully saturated rings. The molecule has 0 saturated heterocycles. The highest BCUT2D eigenvalue weighted by Crippen LogP contribution is 2.22. The van der Waals surface area contributed by atoms with Crippen LogP contribution in [0, 0.1) is 0 Å². The van der Waals surface area contributed by atoms with Gasteiger partial charge < -0.3 is 5.11 Å². The van der Waals surface area contributed by atoms with Crippen LogP contribution in [0.25, 0.3) is 10.9 Å². The van der Waals surface area contributed by atoms with Gasteiger partial charge in [0.2, 0.25) is 0 Å². The Labute approximate surface area is 94.9 Å². The van der Waals surface area contributed by atoms with Crippen LogP contribution < -0.4 is 0 Å². The Kier molecular flexibility index (Phi) is 2.68. The molecular formula is C11H8BrNO2. The Morgan fingerprint density at radius 3 is 2.87 bits per heavy atom. The zero-order valence-corrected chi connectivity index (χ0v) is 9.36. The van der Waals surface area contributed by atoms with Gasteiger partial charge in [0.15, 0.2) is 0 Å². The maximum absolute atomic E-state index is 11.0. The summed E-state index contributed by atoms with van der Waals surface area (Å²) in [6, 6.07) is 6.92. The number of aromatic carboxylic acids is 1. The van der Waals surface area contributed by atoms with Gasteiger partial charge in [-0.2, -0.15) is 0 Å². The van der Waals surface area contributed by atoms with Crippen molar-refractivity contribution in [3.8, 4) is 0 Å². The largest absolute Gasteiger partial charge is 0.478 e. The number of aromatic nitrogens is 1. The second kappa shape index (κ2) is 3.98. The Morgan fingerprint density at radius 1 is 1.40 bits per heavy atom. The molecule has 1 aromatic heterocycles. The van der Waals surface area contributed by atoms with Crippen molar-refractivity contribution in [3.63, 3.8) is 0 Å². The van der Waals surface area contributed by atoms with Crippen molar-refractivity contribution in [2.75, 3.05) is 0 Å². The summed E-state index contributed by atoms with van der Waals surface area (Å²) in [5, 5.41) is 10.4. The third-order valence-corrected chi connectivity index (χ3v) is 2.83. The van der Waals surface area contributed by atoms with E-state index in [0.29, 0.717) is 16.3 Å². The predicted molar refractivity (Wildman–Crippen MR) is 61.3 cm³/mol. The lowest BCUT2D eigenvalue weighted by Gasteiger charge is -2.05. The fourth-order valence-corrected chi connectivity index (χ4v) is 1.98. The van der Waals surface area contributed by atoms with Gasteiger partial charge in [0.25, 0.3) is 0 Å². The Hall–Kier alpha value is -1.42. The molecule has 0 aliphatic carbocycles. The van der Waals surface area contributed by atoms with Crippen LogP contribution in [0.3, 0.4) is 0 Å². The molecule has 1 aromatic carbocycles. The minimum Gasteiger partial charge on any atom is -0.478 e. The smallest absolute Gasteiger partial charge is 0.336 e. The minimum atomic E-state index is -0.922. The zero-order chi connectivity index (χ0) is 10.8. The maximum Gasteiger partial charge on any atom is 0.336 e. The number of benzene rings is 1. The van der Waals surface area contributed by atoms with E-state index in [1.807, 2.05) is 0 Å². The van der Waals surface area contributed by atoms with Crippen LogP contribution in [0.4, 0.5) is 0 Å². The first kappa shape index (κ1) is 10.1. The molecule has 0 atom stereocenters. The monoisotopic (exact) mass is 265 g/mol. The highest BCUT2D eigenvalue weighted by molar-refractivity contribution is 9.08. The first-order chi connectivity index (χ1) is 7.24. The van der Waals surface area contributed by atoms with E-state index in [1.165, 1.54) is 0 Å². The van der Waals surface area contributed by atoms with E-state index < -0.39 is 5.97 Å². The summed E-state index contributed by atoms with van der Waals surface area (Å²) < 4.78 is 0. The van der Waals surface area contributed by atoms with Crippen molar-refractivity contribution in [1.29, 1.82) is 0 Å². The number of hydrogen-bond donors (Lipinski definition) is 1. The summed E-state index contributed by atoms with van der Waals surface area (Å²) in [4.78, 5) is 15.2. The van der Waals surface area contributed by atoms with E-state index in [2.05, 4.69) is 20.9 Å². The topological polar surface area (TPSA) is 50.2 Å². The standard InChI is InChI=1S/C11H8BrNO2/c12-6-7-3-4-9(11(14)15)8-2-1-5-13-10(7)8/h1-5H,6H2,(H,14,15). The molecule has 76 valence electrons. The van der Waals surface area contributed by atoms with E-state index in [1.54, 1.807) is 30.5 Å². The highest BCUT2D eigenvalue weighted by atomic mass is 79.9. The van der Waals surface area contributed by atoms with Crippen LogP contribution >= 0.6 is 15.9 Å². The van der Waals surface area contributed by atoms with Gasteiger partial charge in [-0.3, -0.25) is 4.98 Å². The first-order valence-corrected chi connectivity index (χ1v) is 5.52. The number of pyridine rings is 1. The number of hydrogen-bond acceptors (Lipinski definition) is 2. The van der Waals surface area contributed by atoms with Crippen LogP contribution in [-0.4, -0.2) is 16.1 Å². The second-order valence-electron chi connectivity index (χ2n) is 3.11. The number of halogens is 1. The highest BCUT2D eigenvalue weighted by Gasteiger charge is 2.10. The summed E-state index contributed by atoms with van der Waals surface area (Å²) in [7, 11) is 0. The average Bonchev–Trinajstić information content (AvgIpc) is 2.27. The Balaban J connectivity index is 2.83. The summed E-state index contributed by atoms with van der Waals surface area (Å²) in [5.41, 5.74) is 2.03. The summed E-state index contributed by atoms with van der Waals surface area (Å²) in [5.74, 6) is -0.922. The fraction of sp³-hybridized carbons (Fsp3) is 0.0909. The fourth-order valence-electron chi connectivity index (χ4n) is 1.53. The van der Waals surface area contributed by atoms with E-state index in [4.69, 9.17) is 5.11 Å². The molecule has 0 bridgehead atoms. The van der Waals surface area contributed by atoms with E-state index in [-0.39, 0.29) is 0 Å². The maximum atomic E-state index is 11.0. The van der Waals surface area contributed by atoms with Gasteiger partial charge in [0, 0.05) is 16.9 Å². The van der Waals surface area contributed by atoms with Gasteiger partial charge in [0.1, 0.15) is 0 Å². The molecule has 0 unspecified atom stereocenters. The molecule has 0 radical (unpaired) electrons. The van der Waals surface area contributed by atoms with Crippen molar-refractivity contribution in [3.05, 3.63) is 41.6 Å². The van der Waals surface area contributed by atoms with Crippen LogP contribution in [-0.2, 0) is 5.33 Å². The van der Waals surface area contributed by atoms with Crippen molar-refractivity contribution in [2.45, 2.75) is 5.33 Å². The second-order valence-corrected chi connectivity index (χ2v) is 3.67. The Morgan fingerprint density at radius 2 is 2.20 bits per heavy atom. The minimum absolute atomic E-state index is 0.294. The SMILES string of the molecule is O=C(O)c1ccc(CBr)c2ncccc12. The molecule has 2 rings (SSSR count). The van der Waals surface area contributed by atoms with Gasteiger partial charge in [-0.15, -0.1) is 0 Å². The number of carbonyl (C=O) groups is 1. The molecular weight excluding hydrogens is 258 g/mol. The lowest BCUT2D eigenvalue weighted by atomic mass is 10.1. The van der Waals surface area contributed by atoms with Crippen molar-refractivity contribution in [1.82, 2.24) is 4.98 Å². The van der Waals surface area contributed by atoms with Crippen LogP contribution in [0.5, 0.6) is 0 Å². The normalized spacial score (nSPS) is 10.5. The predicted octanol–water partition coefficient (Wildman–Crippen LogP) is 2.83. The van der Waals surface area contributed by atoms with Crippen LogP contribution in [0.2, 0.25) is 0 Å². The summed E-state index contributed by atoms with van der Waals surface area (Å²) >= 11 is 3.35. The average molecular weight is 266 g/mol. The molecule has 0 amide bonds. The molecule has 0 saturated carbocycles. The summed E-state index contributed by atoms with van der Waals surface area (Å²) in [6.07, 6.45) is 1.67.